The summed E-state index contributed by atoms with van der Waals surface area (Å²) in [4.78, 5) is 19.5. The van der Waals surface area contributed by atoms with E-state index in [9.17, 15) is 4.79 Å². The molecule has 0 N–H and O–H groups in total. The van der Waals surface area contributed by atoms with E-state index in [1.807, 2.05) is 30.3 Å². The molecule has 0 spiro atoms. The summed E-state index contributed by atoms with van der Waals surface area (Å²) < 4.78 is 10.6. The van der Waals surface area contributed by atoms with Crippen molar-refractivity contribution in [1.82, 2.24) is 9.96 Å². The lowest BCUT2D eigenvalue weighted by Gasteiger charge is -2.32. The first-order valence-electron chi connectivity index (χ1n) is 6.70. The molecule has 0 saturated carbocycles. The second-order valence-corrected chi connectivity index (χ2v) is 4.87. The molecule has 1 aromatic carbocycles. The lowest BCUT2D eigenvalue weighted by molar-refractivity contribution is -0.0529. The first-order chi connectivity index (χ1) is 9.79. The Bertz CT molecular complexity index is 466. The van der Waals surface area contributed by atoms with Crippen LogP contribution < -0.4 is 0 Å². The van der Waals surface area contributed by atoms with E-state index in [1.165, 1.54) is 5.06 Å². The third-order valence-corrected chi connectivity index (χ3v) is 3.42. The summed E-state index contributed by atoms with van der Waals surface area (Å²) >= 11 is 0. The second kappa shape index (κ2) is 5.78. The molecule has 2 aliphatic rings. The van der Waals surface area contributed by atoms with Gasteiger partial charge in [0, 0.05) is 19.2 Å². The summed E-state index contributed by atoms with van der Waals surface area (Å²) in [5.74, 6) is 0. The summed E-state index contributed by atoms with van der Waals surface area (Å²) in [7, 11) is 1.63. The topological polar surface area (TPSA) is 54.3 Å². The maximum Gasteiger partial charge on any atom is 0.347 e. The molecule has 3 rings (SSSR count). The number of hydrogen-bond acceptors (Lipinski definition) is 4. The van der Waals surface area contributed by atoms with Crippen LogP contribution in [0, 0.1) is 0 Å². The summed E-state index contributed by atoms with van der Waals surface area (Å²) in [6, 6.07) is 9.60. The Hall–Kier alpha value is -1.63. The molecular weight excluding hydrogens is 260 g/mol. The number of amides is 2. The van der Waals surface area contributed by atoms with Gasteiger partial charge in [-0.1, -0.05) is 30.3 Å². The molecule has 6 heteroatoms. The van der Waals surface area contributed by atoms with Crippen molar-refractivity contribution in [2.24, 2.45) is 0 Å². The number of ether oxygens (including phenoxy) is 2. The zero-order valence-corrected chi connectivity index (χ0v) is 11.4. The molecule has 0 bridgehead atoms. The minimum atomic E-state index is -0.257. The van der Waals surface area contributed by atoms with Crippen LogP contribution in [0.5, 0.6) is 0 Å². The minimum absolute atomic E-state index is 0.0622. The van der Waals surface area contributed by atoms with E-state index in [2.05, 4.69) is 0 Å². The standard InChI is InChI=1S/C14H18N2O4/c1-18-10-12-9-15(7-8-19-12)14(17)16-13(20-16)11-5-3-2-4-6-11/h2-6,12-13H,7-10H2,1H3. The van der Waals surface area contributed by atoms with E-state index in [0.29, 0.717) is 26.3 Å². The van der Waals surface area contributed by atoms with Crippen LogP contribution in [0.3, 0.4) is 0 Å². The van der Waals surface area contributed by atoms with Crippen LogP contribution in [0.1, 0.15) is 11.8 Å². The lowest BCUT2D eigenvalue weighted by atomic mass is 10.2. The fourth-order valence-corrected chi connectivity index (χ4v) is 2.36. The van der Waals surface area contributed by atoms with E-state index in [4.69, 9.17) is 14.3 Å². The Labute approximate surface area is 117 Å². The zero-order valence-electron chi connectivity index (χ0n) is 11.4. The molecule has 2 heterocycles. The Morgan fingerprint density at radius 3 is 2.95 bits per heavy atom. The van der Waals surface area contributed by atoms with Crippen LogP contribution >= 0.6 is 0 Å². The van der Waals surface area contributed by atoms with E-state index in [-0.39, 0.29) is 18.4 Å². The number of nitrogens with zero attached hydrogens (tertiary/aromatic N) is 2. The van der Waals surface area contributed by atoms with Gasteiger partial charge in [0.25, 0.3) is 0 Å². The fraction of sp³-hybridized carbons (Fsp3) is 0.500. The average molecular weight is 278 g/mol. The van der Waals surface area contributed by atoms with Gasteiger partial charge >= 0.3 is 6.03 Å². The van der Waals surface area contributed by atoms with Gasteiger partial charge < -0.3 is 14.4 Å². The molecule has 2 amide bonds. The lowest BCUT2D eigenvalue weighted by Crippen LogP contribution is -2.48. The maximum atomic E-state index is 12.3. The van der Waals surface area contributed by atoms with Gasteiger partial charge in [-0.2, -0.15) is 5.06 Å². The van der Waals surface area contributed by atoms with Gasteiger partial charge in [0.15, 0.2) is 0 Å². The van der Waals surface area contributed by atoms with Crippen molar-refractivity contribution in [1.29, 1.82) is 0 Å². The first-order valence-corrected chi connectivity index (χ1v) is 6.70. The molecule has 1 aromatic rings. The fourth-order valence-electron chi connectivity index (χ4n) is 2.36. The van der Waals surface area contributed by atoms with Crippen molar-refractivity contribution in [3.63, 3.8) is 0 Å². The Balaban J connectivity index is 1.58. The molecule has 2 aliphatic heterocycles. The molecule has 0 aromatic heterocycles. The van der Waals surface area contributed by atoms with Crippen LogP contribution in [0.25, 0.3) is 0 Å². The van der Waals surface area contributed by atoms with Crippen molar-refractivity contribution >= 4 is 6.03 Å². The van der Waals surface area contributed by atoms with E-state index >= 15 is 0 Å². The van der Waals surface area contributed by atoms with Gasteiger partial charge in [0.05, 0.1) is 25.9 Å². The highest BCUT2D eigenvalue weighted by molar-refractivity contribution is 5.75. The molecular formula is C14H18N2O4. The van der Waals surface area contributed by atoms with Crippen molar-refractivity contribution in [3.8, 4) is 0 Å². The van der Waals surface area contributed by atoms with Gasteiger partial charge in [-0.3, -0.25) is 0 Å². The summed E-state index contributed by atoms with van der Waals surface area (Å²) in [5.41, 5.74) is 0.988. The predicted octanol–water partition coefficient (Wildman–Crippen LogP) is 1.40. The monoisotopic (exact) mass is 278 g/mol. The second-order valence-electron chi connectivity index (χ2n) is 4.87. The number of carbonyl (C=O) groups excluding carboxylic acids is 1. The van der Waals surface area contributed by atoms with E-state index < -0.39 is 0 Å². The highest BCUT2D eigenvalue weighted by Gasteiger charge is 2.45. The number of benzene rings is 1. The molecule has 2 atom stereocenters. The number of carbonyl (C=O) groups is 1. The number of methoxy groups -OCH3 is 1. The Morgan fingerprint density at radius 2 is 2.20 bits per heavy atom. The van der Waals surface area contributed by atoms with Crippen LogP contribution in [0.4, 0.5) is 4.79 Å². The highest BCUT2D eigenvalue weighted by Crippen LogP contribution is 2.37. The number of urea groups is 1. The van der Waals surface area contributed by atoms with Crippen molar-refractivity contribution < 1.29 is 19.1 Å². The van der Waals surface area contributed by atoms with E-state index in [0.717, 1.165) is 5.56 Å². The molecule has 20 heavy (non-hydrogen) atoms. The molecule has 108 valence electrons. The predicted molar refractivity (Wildman–Crippen MR) is 70.7 cm³/mol. The minimum Gasteiger partial charge on any atom is -0.382 e. The van der Waals surface area contributed by atoms with Crippen LogP contribution in [0.2, 0.25) is 0 Å². The molecule has 6 nitrogen and oxygen atoms in total. The van der Waals surface area contributed by atoms with E-state index in [1.54, 1.807) is 12.0 Å². The van der Waals surface area contributed by atoms with Crippen molar-refractivity contribution in [2.75, 3.05) is 33.4 Å². The summed E-state index contributed by atoms with van der Waals surface area (Å²) in [6.07, 6.45) is -0.319. The van der Waals surface area contributed by atoms with Gasteiger partial charge in [-0.05, 0) is 0 Å². The normalized spacial score (nSPS) is 25.6. The van der Waals surface area contributed by atoms with Crippen LogP contribution in [0.15, 0.2) is 30.3 Å². The van der Waals surface area contributed by atoms with Crippen molar-refractivity contribution in [2.45, 2.75) is 12.3 Å². The number of morpholine rings is 1. The third kappa shape index (κ3) is 2.77. The maximum absolute atomic E-state index is 12.3. The van der Waals surface area contributed by atoms with Gasteiger partial charge in [0.1, 0.15) is 0 Å². The summed E-state index contributed by atoms with van der Waals surface area (Å²) in [6.45, 7) is 2.14. The molecule has 0 aliphatic carbocycles. The van der Waals surface area contributed by atoms with Gasteiger partial charge in [-0.25, -0.2) is 9.63 Å². The van der Waals surface area contributed by atoms with Crippen LogP contribution in [-0.4, -0.2) is 55.5 Å². The first kappa shape index (κ1) is 13.4. The smallest absolute Gasteiger partial charge is 0.347 e. The molecule has 0 radical (unpaired) electrons. The Kier molecular flexibility index (Phi) is 3.86. The average Bonchev–Trinajstić information content (AvgIpc) is 3.29. The quantitative estimate of drug-likeness (QED) is 0.784. The largest absolute Gasteiger partial charge is 0.382 e. The number of rotatable bonds is 3. The highest BCUT2D eigenvalue weighted by atomic mass is 16.8. The van der Waals surface area contributed by atoms with Crippen LogP contribution in [-0.2, 0) is 14.3 Å². The molecule has 2 saturated heterocycles. The van der Waals surface area contributed by atoms with Gasteiger partial charge in [0.2, 0.25) is 6.23 Å². The number of hydroxylamine groups is 2. The number of hydrogen-bond donors (Lipinski definition) is 0. The van der Waals surface area contributed by atoms with Crippen molar-refractivity contribution in [3.05, 3.63) is 35.9 Å². The summed E-state index contributed by atoms with van der Waals surface area (Å²) in [5, 5.41) is 1.41. The zero-order chi connectivity index (χ0) is 13.9. The Morgan fingerprint density at radius 1 is 1.40 bits per heavy atom. The van der Waals surface area contributed by atoms with Gasteiger partial charge in [-0.15, -0.1) is 0 Å². The molecule has 2 unspecified atom stereocenters. The SMILES string of the molecule is COCC1CN(C(=O)N2OC2c2ccccc2)CCO1. The molecule has 2 fully saturated rings. The third-order valence-electron chi connectivity index (χ3n) is 3.42.